The van der Waals surface area contributed by atoms with Crippen LogP contribution >= 0.6 is 0 Å². The number of esters is 1. The highest BCUT2D eigenvalue weighted by Gasteiger charge is 2.35. The molecule has 1 heterocycles. The summed E-state index contributed by atoms with van der Waals surface area (Å²) in [7, 11) is 0. The Morgan fingerprint density at radius 2 is 1.84 bits per heavy atom. The van der Waals surface area contributed by atoms with Crippen molar-refractivity contribution >= 4 is 22.8 Å². The number of ether oxygens (including phenoxy) is 1. The zero-order chi connectivity index (χ0) is 27.1. The van der Waals surface area contributed by atoms with Gasteiger partial charge in [0, 0.05) is 30.0 Å². The highest BCUT2D eigenvalue weighted by Crippen LogP contribution is 2.38. The molecular weight excluding hydrogens is 483 g/mol. The number of carbonyl (C=O) groups excluding carboxylic acids is 2. The number of amides is 1. The third-order valence-electron chi connectivity index (χ3n) is 6.35. The van der Waals surface area contributed by atoms with Crippen LogP contribution in [-0.2, 0) is 33.6 Å². The fourth-order valence-corrected chi connectivity index (χ4v) is 4.48. The summed E-state index contributed by atoms with van der Waals surface area (Å²) >= 11 is 0. The molecule has 1 saturated carbocycles. The summed E-state index contributed by atoms with van der Waals surface area (Å²) < 4.78 is 48.0. The monoisotopic (exact) mass is 515 g/mol. The Kier molecular flexibility index (Phi) is 7.10. The van der Waals surface area contributed by atoms with Gasteiger partial charge in [-0.05, 0) is 76.8 Å². The van der Waals surface area contributed by atoms with Crippen molar-refractivity contribution in [3.05, 3.63) is 53.1 Å². The van der Waals surface area contributed by atoms with Crippen LogP contribution in [0.4, 0.5) is 13.2 Å². The lowest BCUT2D eigenvalue weighted by molar-refractivity contribution is -0.155. The Hall–Kier alpha value is -3.36. The molecule has 4 rings (SSSR count). The van der Waals surface area contributed by atoms with Crippen LogP contribution in [0.5, 0.6) is 0 Å². The van der Waals surface area contributed by atoms with E-state index in [9.17, 15) is 22.8 Å². The zero-order valence-electron chi connectivity index (χ0n) is 21.8. The number of hydrogen-bond donors (Lipinski definition) is 0. The molecule has 0 bridgehead atoms. The van der Waals surface area contributed by atoms with E-state index in [-0.39, 0.29) is 24.9 Å². The number of benzene rings is 2. The number of alkyl halides is 3. The zero-order valence-corrected chi connectivity index (χ0v) is 21.8. The molecule has 6 nitrogen and oxygen atoms in total. The largest absolute Gasteiger partial charge is 0.459 e. The van der Waals surface area contributed by atoms with Gasteiger partial charge < -0.3 is 9.64 Å². The maximum Gasteiger partial charge on any atom is 0.416 e. The molecule has 0 spiro atoms. The first-order valence-corrected chi connectivity index (χ1v) is 12.5. The lowest BCUT2D eigenvalue weighted by Gasteiger charge is -2.23. The summed E-state index contributed by atoms with van der Waals surface area (Å²) in [6.07, 6.45) is -2.91. The molecule has 1 fully saturated rings. The Balaban J connectivity index is 1.84. The molecule has 198 valence electrons. The van der Waals surface area contributed by atoms with Crippen LogP contribution in [0.1, 0.15) is 57.2 Å². The van der Waals surface area contributed by atoms with E-state index in [1.807, 2.05) is 32.0 Å². The minimum atomic E-state index is -4.53. The molecule has 0 atom stereocenters. The van der Waals surface area contributed by atoms with E-state index in [0.29, 0.717) is 28.9 Å². The molecule has 1 amide bonds. The van der Waals surface area contributed by atoms with Crippen LogP contribution < -0.4 is 0 Å². The second-order valence-electron chi connectivity index (χ2n) is 10.6. The Labute approximate surface area is 214 Å². The minimum Gasteiger partial charge on any atom is -0.459 e. The van der Waals surface area contributed by atoms with Crippen molar-refractivity contribution in [3.8, 4) is 11.3 Å². The summed E-state index contributed by atoms with van der Waals surface area (Å²) in [4.78, 5) is 27.0. The minimum absolute atomic E-state index is 0.0391. The molecule has 2 aromatic carbocycles. The van der Waals surface area contributed by atoms with Crippen molar-refractivity contribution in [2.75, 3.05) is 6.54 Å². The number of nitrogens with zero attached hydrogens (tertiary/aromatic N) is 3. The summed E-state index contributed by atoms with van der Waals surface area (Å²) in [5, 5.41) is 5.44. The van der Waals surface area contributed by atoms with Gasteiger partial charge in [-0.25, -0.2) is 0 Å². The Bertz CT molecular complexity index is 1330. The second kappa shape index (κ2) is 9.84. The van der Waals surface area contributed by atoms with Crippen LogP contribution in [0.25, 0.3) is 22.2 Å². The topological polar surface area (TPSA) is 64.4 Å². The van der Waals surface area contributed by atoms with Crippen molar-refractivity contribution in [2.45, 2.75) is 72.3 Å². The molecule has 0 unspecified atom stereocenters. The van der Waals surface area contributed by atoms with Crippen LogP contribution in [0.15, 0.2) is 36.4 Å². The smallest absolute Gasteiger partial charge is 0.416 e. The molecule has 37 heavy (non-hydrogen) atoms. The molecular formula is C28H32F3N3O3. The number of halogens is 3. The fraction of sp³-hybridized carbons (Fsp3) is 0.464. The molecule has 9 heteroatoms. The van der Waals surface area contributed by atoms with Crippen molar-refractivity contribution < 1.29 is 27.5 Å². The van der Waals surface area contributed by atoms with E-state index in [2.05, 4.69) is 0 Å². The highest BCUT2D eigenvalue weighted by molar-refractivity contribution is 5.97. The SMILES string of the molecule is CCN(Cc1cc(C(F)(F)F)ccc1-c1nn(CC(=O)OC(C)(C)C)c2cccc(C)c12)C(=O)C1CC1. The van der Waals surface area contributed by atoms with Gasteiger partial charge >= 0.3 is 12.1 Å². The van der Waals surface area contributed by atoms with Gasteiger partial charge in [0.25, 0.3) is 0 Å². The highest BCUT2D eigenvalue weighted by atomic mass is 19.4. The number of hydrogen-bond acceptors (Lipinski definition) is 4. The normalized spacial score (nSPS) is 14.2. The number of carbonyl (C=O) groups is 2. The van der Waals surface area contributed by atoms with Gasteiger partial charge in [0.15, 0.2) is 0 Å². The van der Waals surface area contributed by atoms with E-state index >= 15 is 0 Å². The van der Waals surface area contributed by atoms with Gasteiger partial charge in [-0.1, -0.05) is 18.2 Å². The maximum absolute atomic E-state index is 13.7. The summed E-state index contributed by atoms with van der Waals surface area (Å²) in [5.41, 5.74) is 1.42. The third kappa shape index (κ3) is 5.97. The van der Waals surface area contributed by atoms with Gasteiger partial charge in [-0.15, -0.1) is 0 Å². The van der Waals surface area contributed by atoms with E-state index in [1.165, 1.54) is 10.7 Å². The van der Waals surface area contributed by atoms with Gasteiger partial charge in [-0.2, -0.15) is 18.3 Å². The van der Waals surface area contributed by atoms with Gasteiger partial charge in [-0.3, -0.25) is 14.3 Å². The molecule has 0 aliphatic heterocycles. The second-order valence-corrected chi connectivity index (χ2v) is 10.6. The molecule has 0 saturated heterocycles. The lowest BCUT2D eigenvalue weighted by atomic mass is 9.97. The molecule has 1 aliphatic carbocycles. The molecule has 0 radical (unpaired) electrons. The van der Waals surface area contributed by atoms with E-state index < -0.39 is 23.3 Å². The first-order chi connectivity index (χ1) is 17.3. The summed E-state index contributed by atoms with van der Waals surface area (Å²) in [5.74, 6) is -0.558. The number of aryl methyl sites for hydroxylation is 1. The Morgan fingerprint density at radius 1 is 1.14 bits per heavy atom. The van der Waals surface area contributed by atoms with E-state index in [1.54, 1.807) is 25.7 Å². The van der Waals surface area contributed by atoms with Crippen LogP contribution in [0.3, 0.4) is 0 Å². The molecule has 1 aliphatic rings. The Morgan fingerprint density at radius 3 is 2.43 bits per heavy atom. The van der Waals surface area contributed by atoms with Crippen molar-refractivity contribution in [1.82, 2.24) is 14.7 Å². The van der Waals surface area contributed by atoms with E-state index in [4.69, 9.17) is 9.84 Å². The quantitative estimate of drug-likeness (QED) is 0.355. The number of rotatable bonds is 7. The summed E-state index contributed by atoms with van der Waals surface area (Å²) in [6.45, 7) is 9.33. The third-order valence-corrected chi connectivity index (χ3v) is 6.35. The first-order valence-electron chi connectivity index (χ1n) is 12.5. The van der Waals surface area contributed by atoms with Gasteiger partial charge in [0.1, 0.15) is 17.8 Å². The van der Waals surface area contributed by atoms with Crippen LogP contribution in [-0.4, -0.2) is 38.7 Å². The lowest BCUT2D eigenvalue weighted by Crippen LogP contribution is -2.31. The van der Waals surface area contributed by atoms with Crippen molar-refractivity contribution in [3.63, 3.8) is 0 Å². The van der Waals surface area contributed by atoms with E-state index in [0.717, 1.165) is 35.9 Å². The van der Waals surface area contributed by atoms with Crippen LogP contribution in [0.2, 0.25) is 0 Å². The average Bonchev–Trinajstić information content (AvgIpc) is 3.58. The predicted octanol–water partition coefficient (Wildman–Crippen LogP) is 6.13. The van der Waals surface area contributed by atoms with Crippen LogP contribution in [0, 0.1) is 12.8 Å². The van der Waals surface area contributed by atoms with Gasteiger partial charge in [0.05, 0.1) is 11.1 Å². The number of aromatic nitrogens is 2. The predicted molar refractivity (Wildman–Crippen MR) is 135 cm³/mol. The van der Waals surface area contributed by atoms with Gasteiger partial charge in [0.2, 0.25) is 5.91 Å². The number of fused-ring (bicyclic) bond motifs is 1. The van der Waals surface area contributed by atoms with Crippen molar-refractivity contribution in [2.24, 2.45) is 5.92 Å². The molecule has 1 aromatic heterocycles. The maximum atomic E-state index is 13.7. The van der Waals surface area contributed by atoms with Crippen molar-refractivity contribution in [1.29, 1.82) is 0 Å². The molecule has 3 aromatic rings. The summed E-state index contributed by atoms with van der Waals surface area (Å²) in [6, 6.07) is 9.12. The average molecular weight is 516 g/mol. The standard InChI is InChI=1S/C28H32F3N3O3/c1-6-33(26(36)18-10-11-18)15-19-14-20(28(29,30)31)12-13-21(19)25-24-17(2)8-7-9-22(24)34(32-25)16-23(35)37-27(3,4)5/h7-9,12-14,18H,6,10-11,15-16H2,1-5H3. The fourth-order valence-electron chi connectivity index (χ4n) is 4.48. The molecule has 0 N–H and O–H groups in total. The first kappa shape index (κ1) is 26.7.